The summed E-state index contributed by atoms with van der Waals surface area (Å²) in [5.74, 6) is 0. The maximum Gasteiger partial charge on any atom is 0 e. The quantitative estimate of drug-likeness (QED) is 0.531. The van der Waals surface area contributed by atoms with E-state index in [0.29, 0.717) is 23.0 Å². The molecular formula is NiOSbSn. The van der Waals surface area contributed by atoms with E-state index in [9.17, 15) is 0 Å². The molecule has 0 unspecified atom stereocenters. The zero-order valence-corrected chi connectivity index (χ0v) is 8.07. The molecule has 0 rings (SSSR count). The molecule has 0 spiro atoms. The number of hydrogen-bond donors (Lipinski definition) is 0. The monoisotopic (exact) mass is 315 g/mol. The van der Waals surface area contributed by atoms with Crippen molar-refractivity contribution < 1.29 is 19.5 Å². The number of rotatable bonds is 0. The van der Waals surface area contributed by atoms with Gasteiger partial charge in [0.15, 0.2) is 0 Å². The van der Waals surface area contributed by atoms with Crippen LogP contribution in [0.15, 0.2) is 0 Å². The first kappa shape index (κ1) is 16.8. The molecule has 5 radical (unpaired) electrons. The zero-order valence-electron chi connectivity index (χ0n) is 1.67. The van der Waals surface area contributed by atoms with Gasteiger partial charge in [0, 0.05) is 40.4 Å². The van der Waals surface area contributed by atoms with Gasteiger partial charge in [0.05, 0.1) is 0 Å². The third-order valence-corrected chi connectivity index (χ3v) is 0. The average molecular weight is 315 g/mol. The summed E-state index contributed by atoms with van der Waals surface area (Å²) in [6, 6.07) is 0. The summed E-state index contributed by atoms with van der Waals surface area (Å²) in [7, 11) is 0. The predicted molar refractivity (Wildman–Crippen MR) is 12.2 cm³/mol. The average Bonchev–Trinajstić information content (AvgIpc) is 1.00. The fourth-order valence-corrected chi connectivity index (χ4v) is 0. The van der Waals surface area contributed by atoms with Crippen molar-refractivity contribution in [3.05, 3.63) is 0 Å². The first-order chi connectivity index (χ1) is 1.00. The molecule has 0 heterocycles. The second-order valence-electron chi connectivity index (χ2n) is 0. The number of hydrogen-bond acceptors (Lipinski definition) is 1. The third-order valence-electron chi connectivity index (χ3n) is 0. The van der Waals surface area contributed by atoms with Gasteiger partial charge in [-0.3, -0.25) is 0 Å². The van der Waals surface area contributed by atoms with Crippen molar-refractivity contribution in [3.8, 4) is 0 Å². The summed E-state index contributed by atoms with van der Waals surface area (Å²) < 4.78 is 8.30. The second kappa shape index (κ2) is 20.6. The van der Waals surface area contributed by atoms with Crippen molar-refractivity contribution in [3.63, 3.8) is 0 Å². The van der Waals surface area contributed by atoms with Gasteiger partial charge >= 0.3 is 26.0 Å². The molecule has 0 saturated heterocycles. The smallest absolute Gasteiger partial charge is 0 e. The Morgan fingerprint density at radius 2 is 1.25 bits per heavy atom. The van der Waals surface area contributed by atoms with E-state index < -0.39 is 0 Å². The Kier molecular flexibility index (Phi) is 86.5. The summed E-state index contributed by atoms with van der Waals surface area (Å²) in [6.45, 7) is 0. The molecule has 25 valence electrons. The maximum absolute atomic E-state index is 8.30. The first-order valence-electron chi connectivity index (χ1n) is 0.183. The topological polar surface area (TPSA) is 17.1 Å². The van der Waals surface area contributed by atoms with E-state index in [1.807, 2.05) is 0 Å². The largest absolute Gasteiger partial charge is 0 e. The van der Waals surface area contributed by atoms with Crippen LogP contribution in [0.25, 0.3) is 0 Å². The van der Waals surface area contributed by atoms with Crippen LogP contribution in [0.5, 0.6) is 0 Å². The van der Waals surface area contributed by atoms with Crippen molar-refractivity contribution in [1.82, 2.24) is 0 Å². The normalized spacial score (nSPS) is 1.00. The van der Waals surface area contributed by atoms with Gasteiger partial charge in [-0.05, 0) is 0 Å². The molecule has 4 heteroatoms. The van der Waals surface area contributed by atoms with Gasteiger partial charge in [-0.1, -0.05) is 0 Å². The summed E-state index contributed by atoms with van der Waals surface area (Å²) in [6.07, 6.45) is 0. The van der Waals surface area contributed by atoms with Crippen LogP contribution >= 0.6 is 0 Å². The van der Waals surface area contributed by atoms with Crippen LogP contribution in [0.3, 0.4) is 0 Å². The molecule has 4 heavy (non-hydrogen) atoms. The van der Waals surface area contributed by atoms with Crippen molar-refractivity contribution in [1.29, 1.82) is 0 Å². The SMILES string of the molecule is [Ni].[O]=[Sb].[Sn]. The molecular weight excluding hydrogens is 315 g/mol. The van der Waals surface area contributed by atoms with Crippen molar-refractivity contribution >= 4 is 46.9 Å². The van der Waals surface area contributed by atoms with Crippen LogP contribution in [0, 0.1) is 0 Å². The second-order valence-corrected chi connectivity index (χ2v) is 0. The fourth-order valence-electron chi connectivity index (χ4n) is 0. The van der Waals surface area contributed by atoms with E-state index in [1.54, 1.807) is 0 Å². The van der Waals surface area contributed by atoms with E-state index in [4.69, 9.17) is 3.02 Å². The van der Waals surface area contributed by atoms with Crippen LogP contribution in [0.2, 0.25) is 0 Å². The summed E-state index contributed by atoms with van der Waals surface area (Å²) in [4.78, 5) is 0. The molecule has 0 aromatic heterocycles. The molecule has 0 amide bonds. The van der Waals surface area contributed by atoms with Gasteiger partial charge in [0.2, 0.25) is 0 Å². The molecule has 0 aliphatic rings. The summed E-state index contributed by atoms with van der Waals surface area (Å²) in [5, 5.41) is 0. The minimum Gasteiger partial charge on any atom is 0 e. The summed E-state index contributed by atoms with van der Waals surface area (Å²) in [5.41, 5.74) is 0. The van der Waals surface area contributed by atoms with Crippen molar-refractivity contribution in [2.45, 2.75) is 0 Å². The maximum atomic E-state index is 8.30. The Balaban J connectivity index is -0.00000000500. The van der Waals surface area contributed by atoms with Gasteiger partial charge in [0.1, 0.15) is 0 Å². The van der Waals surface area contributed by atoms with E-state index in [0.717, 1.165) is 0 Å². The predicted octanol–water partition coefficient (Wildman–Crippen LogP) is -0.883. The Bertz CT molecular complexity index is 8.00. The summed E-state index contributed by atoms with van der Waals surface area (Å²) >= 11 is 0.500. The van der Waals surface area contributed by atoms with Crippen LogP contribution in [-0.4, -0.2) is 46.9 Å². The Morgan fingerprint density at radius 1 is 1.25 bits per heavy atom. The van der Waals surface area contributed by atoms with Gasteiger partial charge in [-0.2, -0.15) is 0 Å². The molecule has 0 atom stereocenters. The van der Waals surface area contributed by atoms with Gasteiger partial charge in [-0.15, -0.1) is 0 Å². The van der Waals surface area contributed by atoms with Gasteiger partial charge in [0.25, 0.3) is 0 Å². The molecule has 0 aliphatic heterocycles. The molecule has 0 aliphatic carbocycles. The molecule has 0 bridgehead atoms. The van der Waals surface area contributed by atoms with Crippen LogP contribution < -0.4 is 0 Å². The van der Waals surface area contributed by atoms with Crippen LogP contribution in [-0.2, 0) is 19.5 Å². The van der Waals surface area contributed by atoms with Gasteiger partial charge in [-0.25, -0.2) is 0 Å². The van der Waals surface area contributed by atoms with Crippen LogP contribution in [0.4, 0.5) is 0 Å². The molecule has 0 aromatic rings. The van der Waals surface area contributed by atoms with Gasteiger partial charge < -0.3 is 0 Å². The van der Waals surface area contributed by atoms with E-state index in [-0.39, 0.29) is 40.4 Å². The van der Waals surface area contributed by atoms with E-state index in [2.05, 4.69) is 0 Å². The standard InChI is InChI=1S/Ni.O.Sb.Sn. The van der Waals surface area contributed by atoms with E-state index >= 15 is 0 Å². The molecule has 1 nitrogen and oxygen atoms in total. The molecule has 0 aromatic carbocycles. The fraction of sp³-hybridized carbons (Fsp3) is 0. The Hall–Kier alpha value is 1.91. The minimum atomic E-state index is 0. The van der Waals surface area contributed by atoms with Crippen LogP contribution in [0.1, 0.15) is 0 Å². The Labute approximate surface area is 65.7 Å². The van der Waals surface area contributed by atoms with E-state index in [1.165, 1.54) is 0 Å². The molecule has 0 fully saturated rings. The van der Waals surface area contributed by atoms with Crippen molar-refractivity contribution in [2.75, 3.05) is 0 Å². The third kappa shape index (κ3) is 9.08. The first-order valence-corrected chi connectivity index (χ1v) is 1.22. The van der Waals surface area contributed by atoms with Crippen molar-refractivity contribution in [2.24, 2.45) is 0 Å². The molecule has 0 N–H and O–H groups in total. The Morgan fingerprint density at radius 3 is 1.25 bits per heavy atom. The molecule has 0 saturated carbocycles. The minimum absolute atomic E-state index is 0. The zero-order chi connectivity index (χ0) is 2.00.